The Labute approximate surface area is 148 Å². The van der Waals surface area contributed by atoms with E-state index in [1.807, 2.05) is 44.2 Å². The molecule has 0 unspecified atom stereocenters. The lowest BCUT2D eigenvalue weighted by Gasteiger charge is -2.18. The lowest BCUT2D eigenvalue weighted by atomic mass is 10.0. The van der Waals surface area contributed by atoms with Gasteiger partial charge in [-0.05, 0) is 31.0 Å². The van der Waals surface area contributed by atoms with E-state index in [2.05, 4.69) is 10.6 Å². The van der Waals surface area contributed by atoms with E-state index in [0.29, 0.717) is 11.3 Å². The summed E-state index contributed by atoms with van der Waals surface area (Å²) in [5.74, 6) is -0.841. The van der Waals surface area contributed by atoms with Gasteiger partial charge in [0.25, 0.3) is 5.91 Å². The van der Waals surface area contributed by atoms with E-state index in [1.165, 1.54) is 5.56 Å². The van der Waals surface area contributed by atoms with Crippen molar-refractivity contribution in [2.45, 2.75) is 26.3 Å². The normalized spacial score (nSPS) is 11.5. The first-order valence-electron chi connectivity index (χ1n) is 8.35. The van der Waals surface area contributed by atoms with Crippen LogP contribution in [0.25, 0.3) is 0 Å². The Hall–Kier alpha value is -2.82. The first-order chi connectivity index (χ1) is 12.0. The lowest BCUT2D eigenvalue weighted by molar-refractivity contribution is -0.125. The van der Waals surface area contributed by atoms with Crippen molar-refractivity contribution in [3.63, 3.8) is 0 Å². The Kier molecular flexibility index (Phi) is 6.57. The standard InChI is InChI=1S/C20H24N2O3/c1-4-17(15-11-9-14(2)10-12-15)22-19(23)13-25-20(24)16-7-5-6-8-18(16)21-3/h5-12,17,21H,4,13H2,1-3H3,(H,22,23)/t17-/m0/s1. The van der Waals surface area contributed by atoms with Crippen LogP contribution in [0.15, 0.2) is 48.5 Å². The molecule has 0 aromatic heterocycles. The summed E-state index contributed by atoms with van der Waals surface area (Å²) in [6.45, 7) is 3.71. The van der Waals surface area contributed by atoms with E-state index in [-0.39, 0.29) is 18.6 Å². The van der Waals surface area contributed by atoms with Gasteiger partial charge in [-0.1, -0.05) is 48.9 Å². The average Bonchev–Trinajstić information content (AvgIpc) is 2.64. The largest absolute Gasteiger partial charge is 0.452 e. The maximum absolute atomic E-state index is 12.1. The van der Waals surface area contributed by atoms with Gasteiger partial charge in [0.15, 0.2) is 6.61 Å². The Morgan fingerprint density at radius 3 is 2.40 bits per heavy atom. The molecule has 0 aliphatic heterocycles. The minimum Gasteiger partial charge on any atom is -0.452 e. The molecule has 25 heavy (non-hydrogen) atoms. The number of rotatable bonds is 7. The zero-order valence-corrected chi connectivity index (χ0v) is 14.8. The van der Waals surface area contributed by atoms with Crippen molar-refractivity contribution in [3.05, 3.63) is 65.2 Å². The average molecular weight is 340 g/mol. The molecule has 5 nitrogen and oxygen atoms in total. The molecular weight excluding hydrogens is 316 g/mol. The molecule has 0 heterocycles. The fourth-order valence-corrected chi connectivity index (χ4v) is 2.54. The Bertz CT molecular complexity index is 726. The van der Waals surface area contributed by atoms with E-state index >= 15 is 0 Å². The Morgan fingerprint density at radius 1 is 1.08 bits per heavy atom. The predicted molar refractivity (Wildman–Crippen MR) is 98.6 cm³/mol. The fraction of sp³-hybridized carbons (Fsp3) is 0.300. The Morgan fingerprint density at radius 2 is 1.76 bits per heavy atom. The number of hydrogen-bond acceptors (Lipinski definition) is 4. The molecule has 0 spiro atoms. The van der Waals surface area contributed by atoms with Gasteiger partial charge in [0.2, 0.25) is 0 Å². The van der Waals surface area contributed by atoms with Gasteiger partial charge in [-0.2, -0.15) is 0 Å². The highest BCUT2D eigenvalue weighted by molar-refractivity contribution is 5.96. The van der Waals surface area contributed by atoms with Crippen LogP contribution >= 0.6 is 0 Å². The number of carbonyl (C=O) groups excluding carboxylic acids is 2. The van der Waals surface area contributed by atoms with Crippen LogP contribution in [-0.4, -0.2) is 25.5 Å². The van der Waals surface area contributed by atoms with Gasteiger partial charge >= 0.3 is 5.97 Å². The van der Waals surface area contributed by atoms with E-state index in [4.69, 9.17) is 4.74 Å². The molecule has 0 radical (unpaired) electrons. The highest BCUT2D eigenvalue weighted by Gasteiger charge is 2.16. The summed E-state index contributed by atoms with van der Waals surface area (Å²) >= 11 is 0. The molecule has 0 bridgehead atoms. The molecule has 2 aromatic rings. The maximum atomic E-state index is 12.1. The van der Waals surface area contributed by atoms with Gasteiger partial charge in [0.1, 0.15) is 0 Å². The number of esters is 1. The zero-order valence-electron chi connectivity index (χ0n) is 14.8. The maximum Gasteiger partial charge on any atom is 0.340 e. The van der Waals surface area contributed by atoms with Crippen LogP contribution in [0.4, 0.5) is 5.69 Å². The lowest BCUT2D eigenvalue weighted by Crippen LogP contribution is -2.32. The number of aryl methyl sites for hydroxylation is 1. The molecule has 0 saturated carbocycles. The molecule has 0 aliphatic rings. The summed E-state index contributed by atoms with van der Waals surface area (Å²) in [5.41, 5.74) is 3.28. The van der Waals surface area contributed by atoms with Crippen molar-refractivity contribution in [2.75, 3.05) is 19.0 Å². The highest BCUT2D eigenvalue weighted by atomic mass is 16.5. The SMILES string of the molecule is CC[C@H](NC(=O)COC(=O)c1ccccc1NC)c1ccc(C)cc1. The van der Waals surface area contributed by atoms with E-state index in [0.717, 1.165) is 12.0 Å². The molecule has 1 atom stereocenters. The predicted octanol–water partition coefficient (Wildman–Crippen LogP) is 3.46. The summed E-state index contributed by atoms with van der Waals surface area (Å²) in [4.78, 5) is 24.3. The van der Waals surface area contributed by atoms with Crippen molar-refractivity contribution in [2.24, 2.45) is 0 Å². The number of amides is 1. The third-order valence-electron chi connectivity index (χ3n) is 3.97. The van der Waals surface area contributed by atoms with E-state index in [1.54, 1.807) is 25.2 Å². The van der Waals surface area contributed by atoms with Crippen molar-refractivity contribution < 1.29 is 14.3 Å². The summed E-state index contributed by atoms with van der Waals surface area (Å²) in [7, 11) is 1.73. The van der Waals surface area contributed by atoms with Crippen LogP contribution < -0.4 is 10.6 Å². The van der Waals surface area contributed by atoms with Gasteiger partial charge in [0.05, 0.1) is 11.6 Å². The van der Waals surface area contributed by atoms with Crippen LogP contribution in [0.5, 0.6) is 0 Å². The van der Waals surface area contributed by atoms with Crippen molar-refractivity contribution >= 4 is 17.6 Å². The molecule has 0 aliphatic carbocycles. The van der Waals surface area contributed by atoms with Gasteiger partial charge in [0, 0.05) is 12.7 Å². The summed E-state index contributed by atoms with van der Waals surface area (Å²) in [6.07, 6.45) is 0.755. The molecule has 2 N–H and O–H groups in total. The first kappa shape index (κ1) is 18.5. The van der Waals surface area contributed by atoms with Gasteiger partial charge in [-0.15, -0.1) is 0 Å². The van der Waals surface area contributed by atoms with Crippen LogP contribution in [0.2, 0.25) is 0 Å². The van der Waals surface area contributed by atoms with Gasteiger partial charge in [-0.25, -0.2) is 4.79 Å². The summed E-state index contributed by atoms with van der Waals surface area (Å²) in [6, 6.07) is 14.9. The van der Waals surface area contributed by atoms with Crippen molar-refractivity contribution in [1.82, 2.24) is 5.32 Å². The fourth-order valence-electron chi connectivity index (χ4n) is 2.54. The number of benzene rings is 2. The van der Waals surface area contributed by atoms with Crippen molar-refractivity contribution in [3.8, 4) is 0 Å². The third kappa shape index (κ3) is 5.08. The molecule has 1 amide bonds. The molecular formula is C20H24N2O3. The number of hydrogen-bond donors (Lipinski definition) is 2. The minimum atomic E-state index is -0.525. The number of nitrogens with one attached hydrogen (secondary N) is 2. The van der Waals surface area contributed by atoms with Crippen LogP contribution in [0, 0.1) is 6.92 Å². The highest BCUT2D eigenvalue weighted by Crippen LogP contribution is 2.17. The first-order valence-corrected chi connectivity index (χ1v) is 8.35. The van der Waals surface area contributed by atoms with Crippen LogP contribution in [0.3, 0.4) is 0 Å². The van der Waals surface area contributed by atoms with Crippen LogP contribution in [0.1, 0.15) is 40.9 Å². The summed E-state index contributed by atoms with van der Waals surface area (Å²) < 4.78 is 5.14. The second-order valence-corrected chi connectivity index (χ2v) is 5.81. The smallest absolute Gasteiger partial charge is 0.340 e. The van der Waals surface area contributed by atoms with Crippen molar-refractivity contribution in [1.29, 1.82) is 0 Å². The van der Waals surface area contributed by atoms with Gasteiger partial charge < -0.3 is 15.4 Å². The zero-order chi connectivity index (χ0) is 18.2. The molecule has 2 aromatic carbocycles. The van der Waals surface area contributed by atoms with E-state index in [9.17, 15) is 9.59 Å². The molecule has 0 saturated heterocycles. The number of carbonyl (C=O) groups is 2. The number of ether oxygens (including phenoxy) is 1. The topological polar surface area (TPSA) is 67.4 Å². The van der Waals surface area contributed by atoms with Crippen LogP contribution in [-0.2, 0) is 9.53 Å². The number of anilines is 1. The molecule has 2 rings (SSSR count). The molecule has 132 valence electrons. The monoisotopic (exact) mass is 340 g/mol. The number of para-hydroxylation sites is 1. The van der Waals surface area contributed by atoms with Gasteiger partial charge in [-0.3, -0.25) is 4.79 Å². The molecule has 0 fully saturated rings. The minimum absolute atomic E-state index is 0.101. The Balaban J connectivity index is 1.93. The third-order valence-corrected chi connectivity index (χ3v) is 3.97. The van der Waals surface area contributed by atoms with E-state index < -0.39 is 5.97 Å². The second kappa shape index (κ2) is 8.87. The summed E-state index contributed by atoms with van der Waals surface area (Å²) in [5, 5.41) is 5.84. The molecule has 5 heteroatoms. The quantitative estimate of drug-likeness (QED) is 0.758. The second-order valence-electron chi connectivity index (χ2n) is 5.81.